The van der Waals surface area contributed by atoms with Crippen LogP contribution in [0.3, 0.4) is 0 Å². The lowest BCUT2D eigenvalue weighted by atomic mass is 10.00. The highest BCUT2D eigenvalue weighted by Crippen LogP contribution is 2.31. The second-order valence-corrected chi connectivity index (χ2v) is 6.64. The number of rotatable bonds is 12. The fourth-order valence-electron chi connectivity index (χ4n) is 3.03. The smallest absolute Gasteiger partial charge is 0.127 e. The molecular weight excluding hydrogens is 308 g/mol. The third-order valence-corrected chi connectivity index (χ3v) is 4.51. The molecule has 0 fully saturated rings. The zero-order valence-electron chi connectivity index (χ0n) is 15.5. The number of hydrogen-bond donors (Lipinski definition) is 1. The minimum absolute atomic E-state index is 0.290. The van der Waals surface area contributed by atoms with Crippen LogP contribution in [0.4, 0.5) is 0 Å². The quantitative estimate of drug-likeness (QED) is 0.479. The molecule has 0 unspecified atom stereocenters. The number of benzene rings is 2. The van der Waals surface area contributed by atoms with Gasteiger partial charge in [0, 0.05) is 12.2 Å². The molecule has 0 aliphatic carbocycles. The average molecular weight is 341 g/mol. The van der Waals surface area contributed by atoms with E-state index in [2.05, 4.69) is 49.4 Å². The van der Waals surface area contributed by atoms with Crippen LogP contribution in [0.1, 0.15) is 57.4 Å². The predicted octanol–water partition coefficient (Wildman–Crippen LogP) is 6.02. The van der Waals surface area contributed by atoms with Crippen LogP contribution in [0, 0.1) is 0 Å². The van der Waals surface area contributed by atoms with Crippen molar-refractivity contribution in [2.24, 2.45) is 0 Å². The Morgan fingerprint density at radius 2 is 1.64 bits per heavy atom. The van der Waals surface area contributed by atoms with Gasteiger partial charge in [0.1, 0.15) is 5.75 Å². The fraction of sp³-hybridized carbons (Fsp3) is 0.478. The molecule has 136 valence electrons. The molecule has 25 heavy (non-hydrogen) atoms. The summed E-state index contributed by atoms with van der Waals surface area (Å²) in [6.07, 6.45) is 8.99. The van der Waals surface area contributed by atoms with Gasteiger partial charge in [-0.2, -0.15) is 0 Å². The summed E-state index contributed by atoms with van der Waals surface area (Å²) in [5, 5.41) is 8.85. The van der Waals surface area contributed by atoms with Crippen molar-refractivity contribution in [1.82, 2.24) is 0 Å². The summed E-state index contributed by atoms with van der Waals surface area (Å²) in [5.74, 6) is 1.00. The van der Waals surface area contributed by atoms with Crippen molar-refractivity contribution >= 4 is 0 Å². The standard InChI is InChI=1S/C23H32O2/c1-2-3-7-12-20-15-16-22(21-13-8-6-9-14-21)23(19-20)25-18-11-5-4-10-17-24/h6,8-9,13-16,19,24H,2-5,7,10-12,17-18H2,1H3. The summed E-state index contributed by atoms with van der Waals surface area (Å²) in [5.41, 5.74) is 3.75. The van der Waals surface area contributed by atoms with E-state index in [0.717, 1.165) is 44.5 Å². The molecule has 0 spiro atoms. The topological polar surface area (TPSA) is 29.5 Å². The van der Waals surface area contributed by atoms with Gasteiger partial charge in [-0.3, -0.25) is 0 Å². The molecule has 0 radical (unpaired) electrons. The largest absolute Gasteiger partial charge is 0.493 e. The van der Waals surface area contributed by atoms with Crippen LogP contribution in [-0.4, -0.2) is 18.3 Å². The van der Waals surface area contributed by atoms with Crippen molar-refractivity contribution < 1.29 is 9.84 Å². The van der Waals surface area contributed by atoms with Crippen LogP contribution in [0.2, 0.25) is 0 Å². The van der Waals surface area contributed by atoms with E-state index in [1.165, 1.54) is 36.0 Å². The molecular formula is C23H32O2. The SMILES string of the molecule is CCCCCc1ccc(-c2ccccc2)c(OCCCCCCO)c1. The monoisotopic (exact) mass is 340 g/mol. The molecule has 0 amide bonds. The van der Waals surface area contributed by atoms with Gasteiger partial charge in [-0.05, 0) is 49.3 Å². The summed E-state index contributed by atoms with van der Waals surface area (Å²) < 4.78 is 6.16. The van der Waals surface area contributed by atoms with Gasteiger partial charge in [0.2, 0.25) is 0 Å². The number of ether oxygens (including phenoxy) is 1. The molecule has 0 atom stereocenters. The van der Waals surface area contributed by atoms with Gasteiger partial charge in [0.05, 0.1) is 6.61 Å². The van der Waals surface area contributed by atoms with E-state index in [1.54, 1.807) is 0 Å². The molecule has 0 heterocycles. The lowest BCUT2D eigenvalue weighted by Gasteiger charge is -2.14. The summed E-state index contributed by atoms with van der Waals surface area (Å²) in [4.78, 5) is 0. The maximum absolute atomic E-state index is 8.85. The highest BCUT2D eigenvalue weighted by molar-refractivity contribution is 5.70. The first-order valence-electron chi connectivity index (χ1n) is 9.77. The highest BCUT2D eigenvalue weighted by atomic mass is 16.5. The van der Waals surface area contributed by atoms with E-state index in [0.29, 0.717) is 6.61 Å². The van der Waals surface area contributed by atoms with Crippen LogP contribution in [0.5, 0.6) is 5.75 Å². The Hall–Kier alpha value is -1.80. The van der Waals surface area contributed by atoms with Gasteiger partial charge in [-0.1, -0.05) is 68.7 Å². The van der Waals surface area contributed by atoms with E-state index in [-0.39, 0.29) is 0 Å². The van der Waals surface area contributed by atoms with Gasteiger partial charge in [-0.25, -0.2) is 0 Å². The van der Waals surface area contributed by atoms with E-state index in [4.69, 9.17) is 9.84 Å². The minimum atomic E-state index is 0.290. The molecule has 2 aromatic carbocycles. The molecule has 1 N–H and O–H groups in total. The minimum Gasteiger partial charge on any atom is -0.493 e. The Labute approximate surface area is 152 Å². The summed E-state index contributed by atoms with van der Waals surface area (Å²) in [7, 11) is 0. The molecule has 0 aliphatic heterocycles. The summed E-state index contributed by atoms with van der Waals surface area (Å²) >= 11 is 0. The van der Waals surface area contributed by atoms with Crippen molar-refractivity contribution in [1.29, 1.82) is 0 Å². The second kappa shape index (κ2) is 11.7. The van der Waals surface area contributed by atoms with Gasteiger partial charge in [-0.15, -0.1) is 0 Å². The third-order valence-electron chi connectivity index (χ3n) is 4.51. The molecule has 2 heteroatoms. The fourth-order valence-corrected chi connectivity index (χ4v) is 3.03. The molecule has 0 saturated heterocycles. The van der Waals surface area contributed by atoms with E-state index in [1.807, 2.05) is 6.07 Å². The first-order chi connectivity index (χ1) is 12.3. The van der Waals surface area contributed by atoms with E-state index < -0.39 is 0 Å². The molecule has 0 aromatic heterocycles. The van der Waals surface area contributed by atoms with Crippen molar-refractivity contribution in [3.63, 3.8) is 0 Å². The lowest BCUT2D eigenvalue weighted by Crippen LogP contribution is -2.00. The van der Waals surface area contributed by atoms with E-state index in [9.17, 15) is 0 Å². The summed E-state index contributed by atoms with van der Waals surface area (Å²) in [6.45, 7) is 3.27. The highest BCUT2D eigenvalue weighted by Gasteiger charge is 2.08. The Morgan fingerprint density at radius 3 is 2.40 bits per heavy atom. The maximum atomic E-state index is 8.85. The Balaban J connectivity index is 2.04. The molecule has 0 aliphatic rings. The van der Waals surface area contributed by atoms with E-state index >= 15 is 0 Å². The summed E-state index contributed by atoms with van der Waals surface area (Å²) in [6, 6.07) is 17.1. The van der Waals surface area contributed by atoms with Crippen LogP contribution in [-0.2, 0) is 6.42 Å². The third kappa shape index (κ3) is 6.91. The second-order valence-electron chi connectivity index (χ2n) is 6.64. The number of aryl methyl sites for hydroxylation is 1. The Bertz CT molecular complexity index is 592. The molecule has 2 rings (SSSR count). The molecule has 2 nitrogen and oxygen atoms in total. The lowest BCUT2D eigenvalue weighted by molar-refractivity contribution is 0.273. The van der Waals surface area contributed by atoms with Crippen molar-refractivity contribution in [3.05, 3.63) is 54.1 Å². The van der Waals surface area contributed by atoms with Gasteiger partial charge >= 0.3 is 0 Å². The van der Waals surface area contributed by atoms with Crippen LogP contribution in [0.25, 0.3) is 11.1 Å². The number of aliphatic hydroxyl groups is 1. The van der Waals surface area contributed by atoms with Gasteiger partial charge in [0.25, 0.3) is 0 Å². The zero-order chi connectivity index (χ0) is 17.7. The number of unbranched alkanes of at least 4 members (excludes halogenated alkanes) is 5. The molecule has 0 saturated carbocycles. The Morgan fingerprint density at radius 1 is 0.840 bits per heavy atom. The normalized spacial score (nSPS) is 10.8. The maximum Gasteiger partial charge on any atom is 0.127 e. The number of aliphatic hydroxyl groups excluding tert-OH is 1. The first-order valence-corrected chi connectivity index (χ1v) is 9.77. The Kier molecular flexibility index (Phi) is 9.14. The molecule has 0 bridgehead atoms. The van der Waals surface area contributed by atoms with Crippen molar-refractivity contribution in [2.75, 3.05) is 13.2 Å². The van der Waals surface area contributed by atoms with Gasteiger partial charge < -0.3 is 9.84 Å². The zero-order valence-corrected chi connectivity index (χ0v) is 15.5. The van der Waals surface area contributed by atoms with Crippen molar-refractivity contribution in [3.8, 4) is 16.9 Å². The first kappa shape index (κ1) is 19.5. The van der Waals surface area contributed by atoms with Crippen molar-refractivity contribution in [2.45, 2.75) is 58.3 Å². The predicted molar refractivity (Wildman–Crippen MR) is 106 cm³/mol. The van der Waals surface area contributed by atoms with Crippen LogP contribution >= 0.6 is 0 Å². The van der Waals surface area contributed by atoms with Gasteiger partial charge in [0.15, 0.2) is 0 Å². The van der Waals surface area contributed by atoms with Crippen LogP contribution < -0.4 is 4.74 Å². The molecule has 2 aromatic rings. The van der Waals surface area contributed by atoms with Crippen LogP contribution in [0.15, 0.2) is 48.5 Å². The number of hydrogen-bond acceptors (Lipinski definition) is 2. The average Bonchev–Trinajstić information content (AvgIpc) is 2.66.